The molecule has 1 fully saturated rings. The van der Waals surface area contributed by atoms with E-state index in [1.54, 1.807) is 25.3 Å². The summed E-state index contributed by atoms with van der Waals surface area (Å²) in [6, 6.07) is 4.89. The number of hydrogen-bond acceptors (Lipinski definition) is 4. The van der Waals surface area contributed by atoms with Crippen LogP contribution >= 0.6 is 24.0 Å². The zero-order valence-corrected chi connectivity index (χ0v) is 17.3. The number of rotatable bonds is 8. The van der Waals surface area contributed by atoms with Crippen molar-refractivity contribution in [1.82, 2.24) is 5.32 Å². The summed E-state index contributed by atoms with van der Waals surface area (Å²) in [6.07, 6.45) is 5.89. The molecule has 27 heavy (non-hydrogen) atoms. The second-order valence-electron chi connectivity index (χ2n) is 6.93. The van der Waals surface area contributed by atoms with Crippen LogP contribution in [0.25, 0.3) is 0 Å². The van der Waals surface area contributed by atoms with Crippen LogP contribution in [-0.4, -0.2) is 38.6 Å². The molecular weight excluding hydrogens is 389 g/mol. The van der Waals surface area contributed by atoms with Crippen LogP contribution in [0.5, 0.6) is 0 Å². The number of halogens is 2. The van der Waals surface area contributed by atoms with Crippen molar-refractivity contribution in [2.75, 3.05) is 32.1 Å². The number of amides is 2. The van der Waals surface area contributed by atoms with Gasteiger partial charge in [-0.15, -0.1) is 12.4 Å². The van der Waals surface area contributed by atoms with Crippen LogP contribution in [0, 0.1) is 5.41 Å². The number of anilines is 1. The Hall–Kier alpha value is -1.34. The van der Waals surface area contributed by atoms with Crippen molar-refractivity contribution >= 4 is 41.5 Å². The standard InChI is InChI=1S/C19H28ClN3O3.ClH/c1-26-10-9-22-18(25)15-6-5-14(11-16(15)20)23-17(24)12-19(13-21)7-3-2-4-8-19;/h5-6,11H,2-4,7-10,12-13,21H2,1H3,(H,22,25)(H,23,24);1H. The topological polar surface area (TPSA) is 93.5 Å². The molecule has 0 aliphatic heterocycles. The van der Waals surface area contributed by atoms with Crippen LogP contribution in [0.1, 0.15) is 48.9 Å². The first-order chi connectivity index (χ1) is 12.5. The Bertz CT molecular complexity index is 635. The normalized spacial score (nSPS) is 15.5. The van der Waals surface area contributed by atoms with E-state index in [1.165, 1.54) is 6.42 Å². The maximum absolute atomic E-state index is 12.4. The fourth-order valence-corrected chi connectivity index (χ4v) is 3.71. The lowest BCUT2D eigenvalue weighted by Gasteiger charge is -2.35. The number of ether oxygens (including phenoxy) is 1. The van der Waals surface area contributed by atoms with Crippen LogP contribution in [-0.2, 0) is 9.53 Å². The van der Waals surface area contributed by atoms with Gasteiger partial charge in [-0.05, 0) is 43.0 Å². The van der Waals surface area contributed by atoms with Crippen LogP contribution in [0.15, 0.2) is 18.2 Å². The van der Waals surface area contributed by atoms with Crippen molar-refractivity contribution in [3.8, 4) is 0 Å². The summed E-state index contributed by atoms with van der Waals surface area (Å²) in [5.74, 6) is -0.333. The fourth-order valence-electron chi connectivity index (χ4n) is 3.44. The fraction of sp³-hybridized carbons (Fsp3) is 0.579. The minimum absolute atomic E-state index is 0. The molecule has 6 nitrogen and oxygen atoms in total. The molecule has 4 N–H and O–H groups in total. The quantitative estimate of drug-likeness (QED) is 0.565. The first kappa shape index (κ1) is 23.7. The maximum Gasteiger partial charge on any atom is 0.252 e. The molecule has 0 spiro atoms. The van der Waals surface area contributed by atoms with Gasteiger partial charge in [-0.2, -0.15) is 0 Å². The number of carbonyl (C=O) groups is 2. The Balaban J connectivity index is 0.00000364. The van der Waals surface area contributed by atoms with Gasteiger partial charge in [0, 0.05) is 25.8 Å². The molecule has 0 bridgehead atoms. The second-order valence-corrected chi connectivity index (χ2v) is 7.34. The van der Waals surface area contributed by atoms with Crippen molar-refractivity contribution < 1.29 is 14.3 Å². The summed E-state index contributed by atoms with van der Waals surface area (Å²) in [5.41, 5.74) is 6.81. The molecule has 0 saturated heterocycles. The molecule has 0 aromatic heterocycles. The summed E-state index contributed by atoms with van der Waals surface area (Å²) in [7, 11) is 1.57. The Morgan fingerprint density at radius 3 is 2.56 bits per heavy atom. The zero-order valence-electron chi connectivity index (χ0n) is 15.7. The molecule has 152 valence electrons. The van der Waals surface area contributed by atoms with E-state index >= 15 is 0 Å². The van der Waals surface area contributed by atoms with E-state index in [2.05, 4.69) is 10.6 Å². The summed E-state index contributed by atoms with van der Waals surface area (Å²) >= 11 is 6.20. The van der Waals surface area contributed by atoms with E-state index in [9.17, 15) is 9.59 Å². The van der Waals surface area contributed by atoms with Gasteiger partial charge in [0.1, 0.15) is 0 Å². The predicted molar refractivity (Wildman–Crippen MR) is 111 cm³/mol. The maximum atomic E-state index is 12.4. The Kier molecular flexibility index (Phi) is 10.1. The van der Waals surface area contributed by atoms with Crippen molar-refractivity contribution in [3.05, 3.63) is 28.8 Å². The molecule has 1 aromatic carbocycles. The van der Waals surface area contributed by atoms with E-state index in [0.29, 0.717) is 42.4 Å². The van der Waals surface area contributed by atoms with Crippen LogP contribution in [0.3, 0.4) is 0 Å². The van der Waals surface area contributed by atoms with Crippen LogP contribution in [0.2, 0.25) is 5.02 Å². The van der Waals surface area contributed by atoms with Crippen LogP contribution in [0.4, 0.5) is 5.69 Å². The lowest BCUT2D eigenvalue weighted by molar-refractivity contribution is -0.118. The van der Waals surface area contributed by atoms with E-state index in [1.807, 2.05) is 0 Å². The van der Waals surface area contributed by atoms with E-state index < -0.39 is 0 Å². The molecule has 1 aliphatic rings. The van der Waals surface area contributed by atoms with Gasteiger partial charge in [0.15, 0.2) is 0 Å². The largest absolute Gasteiger partial charge is 0.383 e. The van der Waals surface area contributed by atoms with Gasteiger partial charge in [-0.25, -0.2) is 0 Å². The predicted octanol–water partition coefficient (Wildman–Crippen LogP) is 3.38. The number of methoxy groups -OCH3 is 1. The Labute approximate surface area is 172 Å². The van der Waals surface area contributed by atoms with Gasteiger partial charge in [-0.1, -0.05) is 30.9 Å². The monoisotopic (exact) mass is 417 g/mol. The minimum Gasteiger partial charge on any atom is -0.383 e. The summed E-state index contributed by atoms with van der Waals surface area (Å²) in [5, 5.41) is 5.89. The molecule has 0 radical (unpaired) electrons. The summed E-state index contributed by atoms with van der Waals surface area (Å²) in [4.78, 5) is 24.5. The first-order valence-corrected chi connectivity index (χ1v) is 9.44. The molecule has 0 heterocycles. The van der Waals surface area contributed by atoms with E-state index in [-0.39, 0.29) is 29.6 Å². The van der Waals surface area contributed by atoms with Gasteiger partial charge in [0.2, 0.25) is 5.91 Å². The Morgan fingerprint density at radius 2 is 1.96 bits per heavy atom. The van der Waals surface area contributed by atoms with Gasteiger partial charge in [0.25, 0.3) is 5.91 Å². The lowest BCUT2D eigenvalue weighted by Crippen LogP contribution is -2.36. The SMILES string of the molecule is COCCNC(=O)c1ccc(NC(=O)CC2(CN)CCCCC2)cc1Cl.Cl. The number of nitrogens with one attached hydrogen (secondary N) is 2. The number of carbonyl (C=O) groups excluding carboxylic acids is 2. The number of hydrogen-bond donors (Lipinski definition) is 3. The van der Waals surface area contributed by atoms with Gasteiger partial charge >= 0.3 is 0 Å². The van der Waals surface area contributed by atoms with Gasteiger partial charge in [0.05, 0.1) is 17.2 Å². The molecule has 0 atom stereocenters. The molecule has 1 aromatic rings. The highest BCUT2D eigenvalue weighted by atomic mass is 35.5. The van der Waals surface area contributed by atoms with E-state index in [4.69, 9.17) is 22.1 Å². The third kappa shape index (κ3) is 6.96. The smallest absolute Gasteiger partial charge is 0.252 e. The molecule has 1 saturated carbocycles. The zero-order chi connectivity index (χ0) is 19.0. The highest BCUT2D eigenvalue weighted by Crippen LogP contribution is 2.38. The Morgan fingerprint density at radius 1 is 1.26 bits per heavy atom. The minimum atomic E-state index is -0.269. The van der Waals surface area contributed by atoms with Crippen molar-refractivity contribution in [2.45, 2.75) is 38.5 Å². The highest BCUT2D eigenvalue weighted by Gasteiger charge is 2.33. The average Bonchev–Trinajstić information content (AvgIpc) is 2.62. The van der Waals surface area contributed by atoms with Crippen LogP contribution < -0.4 is 16.4 Å². The third-order valence-corrected chi connectivity index (χ3v) is 5.28. The first-order valence-electron chi connectivity index (χ1n) is 9.06. The van der Waals surface area contributed by atoms with Gasteiger partial charge < -0.3 is 21.1 Å². The molecule has 0 unspecified atom stereocenters. The van der Waals surface area contributed by atoms with Gasteiger partial charge in [-0.3, -0.25) is 9.59 Å². The van der Waals surface area contributed by atoms with E-state index in [0.717, 1.165) is 25.7 Å². The molecule has 2 rings (SSSR count). The summed E-state index contributed by atoms with van der Waals surface area (Å²) in [6.45, 7) is 1.37. The molecule has 1 aliphatic carbocycles. The lowest BCUT2D eigenvalue weighted by atomic mass is 9.71. The second kappa shape index (κ2) is 11.5. The number of nitrogens with two attached hydrogens (primary N) is 1. The highest BCUT2D eigenvalue weighted by molar-refractivity contribution is 6.34. The number of benzene rings is 1. The molecule has 8 heteroatoms. The molecule has 2 amide bonds. The third-order valence-electron chi connectivity index (χ3n) is 4.97. The summed E-state index contributed by atoms with van der Waals surface area (Å²) < 4.78 is 4.90. The van der Waals surface area contributed by atoms with Crippen molar-refractivity contribution in [2.24, 2.45) is 11.1 Å². The van der Waals surface area contributed by atoms with Crippen molar-refractivity contribution in [1.29, 1.82) is 0 Å². The average molecular weight is 418 g/mol. The molecular formula is C19H29Cl2N3O3. The van der Waals surface area contributed by atoms with Crippen molar-refractivity contribution in [3.63, 3.8) is 0 Å².